The molecular weight excluding hydrogens is 372 g/mol. The van der Waals surface area contributed by atoms with Gasteiger partial charge in [0.1, 0.15) is 0 Å². The van der Waals surface area contributed by atoms with Crippen molar-refractivity contribution in [2.24, 2.45) is 0 Å². The summed E-state index contributed by atoms with van der Waals surface area (Å²) in [4.78, 5) is 12.9. The molecule has 0 atom stereocenters. The molecule has 1 N–H and O–H groups in total. The number of nitrogens with one attached hydrogen (secondary N) is 1. The first-order valence-corrected chi connectivity index (χ1v) is 11.2. The Morgan fingerprint density at radius 3 is 2.36 bits per heavy atom. The zero-order valence-corrected chi connectivity index (χ0v) is 17.6. The number of aryl methyl sites for hydroxylation is 3. The molecule has 6 heteroatoms. The van der Waals surface area contributed by atoms with E-state index in [0.717, 1.165) is 30.4 Å². The number of hydrogen-bond acceptors (Lipinski definition) is 3. The van der Waals surface area contributed by atoms with Gasteiger partial charge in [-0.05, 0) is 74.1 Å². The van der Waals surface area contributed by atoms with Crippen molar-refractivity contribution in [1.82, 2.24) is 9.62 Å². The van der Waals surface area contributed by atoms with Crippen LogP contribution in [-0.4, -0.2) is 31.7 Å². The average Bonchev–Trinajstić information content (AvgIpc) is 2.68. The highest BCUT2D eigenvalue weighted by atomic mass is 32.2. The van der Waals surface area contributed by atoms with Crippen LogP contribution in [-0.2, 0) is 16.6 Å². The van der Waals surface area contributed by atoms with Gasteiger partial charge in [-0.1, -0.05) is 24.6 Å². The third-order valence-corrected chi connectivity index (χ3v) is 7.17. The molecule has 1 aliphatic rings. The highest BCUT2D eigenvalue weighted by molar-refractivity contribution is 7.89. The molecule has 0 spiro atoms. The molecule has 3 rings (SSSR count). The van der Waals surface area contributed by atoms with E-state index in [1.54, 1.807) is 12.1 Å². The molecule has 0 aliphatic carbocycles. The zero-order valence-electron chi connectivity index (χ0n) is 16.8. The summed E-state index contributed by atoms with van der Waals surface area (Å²) in [5.41, 5.74) is 4.54. The summed E-state index contributed by atoms with van der Waals surface area (Å²) in [5.74, 6) is -0.267. The van der Waals surface area contributed by atoms with Gasteiger partial charge in [-0.15, -0.1) is 0 Å². The maximum absolute atomic E-state index is 13.0. The largest absolute Gasteiger partial charge is 0.348 e. The summed E-state index contributed by atoms with van der Waals surface area (Å²) in [6.45, 7) is 7.40. The van der Waals surface area contributed by atoms with Gasteiger partial charge < -0.3 is 5.32 Å². The summed E-state index contributed by atoms with van der Waals surface area (Å²) in [7, 11) is -3.56. The van der Waals surface area contributed by atoms with Crippen LogP contribution in [0.2, 0.25) is 0 Å². The molecule has 5 nitrogen and oxygen atoms in total. The van der Waals surface area contributed by atoms with Gasteiger partial charge in [0.2, 0.25) is 10.0 Å². The van der Waals surface area contributed by atoms with E-state index >= 15 is 0 Å². The molecule has 1 amide bonds. The lowest BCUT2D eigenvalue weighted by molar-refractivity contribution is 0.0950. The Hall–Kier alpha value is -2.18. The van der Waals surface area contributed by atoms with E-state index in [0.29, 0.717) is 25.2 Å². The summed E-state index contributed by atoms with van der Waals surface area (Å²) in [5, 5.41) is 2.90. The molecule has 150 valence electrons. The predicted molar refractivity (Wildman–Crippen MR) is 111 cm³/mol. The Kier molecular flexibility index (Phi) is 6.20. The third kappa shape index (κ3) is 4.62. The minimum atomic E-state index is -3.56. The van der Waals surface area contributed by atoms with Gasteiger partial charge in [0, 0.05) is 25.2 Å². The highest BCUT2D eigenvalue weighted by Gasteiger charge is 2.27. The van der Waals surface area contributed by atoms with E-state index < -0.39 is 10.0 Å². The van der Waals surface area contributed by atoms with E-state index in [-0.39, 0.29) is 10.8 Å². The van der Waals surface area contributed by atoms with E-state index in [9.17, 15) is 13.2 Å². The van der Waals surface area contributed by atoms with Crippen molar-refractivity contribution in [2.75, 3.05) is 13.1 Å². The number of carbonyl (C=O) groups is 1. The van der Waals surface area contributed by atoms with E-state index in [4.69, 9.17) is 0 Å². The molecule has 1 fully saturated rings. The molecule has 1 heterocycles. The molecule has 0 aromatic heterocycles. The monoisotopic (exact) mass is 400 g/mol. The Morgan fingerprint density at radius 2 is 1.68 bits per heavy atom. The number of carbonyl (C=O) groups excluding carboxylic acids is 1. The smallest absolute Gasteiger partial charge is 0.251 e. The second kappa shape index (κ2) is 8.45. The van der Waals surface area contributed by atoms with Gasteiger partial charge in [0.05, 0.1) is 4.90 Å². The van der Waals surface area contributed by atoms with Crippen LogP contribution in [0.15, 0.2) is 41.3 Å². The SMILES string of the molecule is Cc1cc(C(=O)NCc2ccc(C)c(C)c2)cc(S(=O)(=O)N2CCCCC2)c1. The van der Waals surface area contributed by atoms with Gasteiger partial charge in [0.15, 0.2) is 0 Å². The Bertz CT molecular complexity index is 977. The number of sulfonamides is 1. The fraction of sp³-hybridized carbons (Fsp3) is 0.409. The fourth-order valence-electron chi connectivity index (χ4n) is 3.48. The van der Waals surface area contributed by atoms with Gasteiger partial charge in [-0.25, -0.2) is 8.42 Å². The lowest BCUT2D eigenvalue weighted by Crippen LogP contribution is -2.35. The zero-order chi connectivity index (χ0) is 20.3. The average molecular weight is 401 g/mol. The van der Waals surface area contributed by atoms with Crippen LogP contribution in [0.25, 0.3) is 0 Å². The second-order valence-electron chi connectivity index (χ2n) is 7.60. The maximum Gasteiger partial charge on any atom is 0.251 e. The number of nitrogens with zero attached hydrogens (tertiary/aromatic N) is 1. The molecule has 1 aliphatic heterocycles. The summed E-state index contributed by atoms with van der Waals surface area (Å²) >= 11 is 0. The number of benzene rings is 2. The van der Waals surface area contributed by atoms with Crippen LogP contribution in [0.5, 0.6) is 0 Å². The molecular formula is C22H28N2O3S. The minimum Gasteiger partial charge on any atom is -0.348 e. The molecule has 2 aromatic rings. The quantitative estimate of drug-likeness (QED) is 0.832. The first-order chi connectivity index (χ1) is 13.3. The first-order valence-electron chi connectivity index (χ1n) is 9.73. The van der Waals surface area contributed by atoms with Crippen molar-refractivity contribution < 1.29 is 13.2 Å². The lowest BCUT2D eigenvalue weighted by Gasteiger charge is -2.26. The molecule has 1 saturated heterocycles. The van der Waals surface area contributed by atoms with Crippen molar-refractivity contribution in [1.29, 1.82) is 0 Å². The van der Waals surface area contributed by atoms with Crippen LogP contribution < -0.4 is 5.32 Å². The Balaban J connectivity index is 1.78. The van der Waals surface area contributed by atoms with E-state index in [2.05, 4.69) is 18.3 Å². The van der Waals surface area contributed by atoms with Crippen molar-refractivity contribution >= 4 is 15.9 Å². The Labute approximate surface area is 167 Å². The number of piperidine rings is 1. The van der Waals surface area contributed by atoms with Gasteiger partial charge >= 0.3 is 0 Å². The maximum atomic E-state index is 13.0. The number of hydrogen-bond donors (Lipinski definition) is 1. The van der Waals surface area contributed by atoms with Crippen molar-refractivity contribution in [2.45, 2.75) is 51.5 Å². The Morgan fingerprint density at radius 1 is 0.964 bits per heavy atom. The van der Waals surface area contributed by atoms with Gasteiger partial charge in [-0.2, -0.15) is 4.31 Å². The van der Waals surface area contributed by atoms with Crippen LogP contribution >= 0.6 is 0 Å². The van der Waals surface area contributed by atoms with Crippen molar-refractivity contribution in [3.8, 4) is 0 Å². The molecule has 2 aromatic carbocycles. The summed E-state index contributed by atoms with van der Waals surface area (Å²) in [6, 6.07) is 10.9. The predicted octanol–water partition coefficient (Wildman–Crippen LogP) is 3.72. The van der Waals surface area contributed by atoms with Crippen LogP contribution in [0.3, 0.4) is 0 Å². The lowest BCUT2D eigenvalue weighted by atomic mass is 10.1. The van der Waals surface area contributed by atoms with E-state index in [1.807, 2.05) is 26.0 Å². The van der Waals surface area contributed by atoms with Crippen molar-refractivity contribution in [3.63, 3.8) is 0 Å². The van der Waals surface area contributed by atoms with Crippen LogP contribution in [0, 0.1) is 20.8 Å². The van der Waals surface area contributed by atoms with Crippen LogP contribution in [0.4, 0.5) is 0 Å². The van der Waals surface area contributed by atoms with Crippen molar-refractivity contribution in [3.05, 3.63) is 64.2 Å². The normalized spacial score (nSPS) is 15.4. The standard InChI is InChI=1S/C22H28N2O3S/c1-16-11-20(22(25)23-15-19-8-7-17(2)18(3)13-19)14-21(12-16)28(26,27)24-9-5-4-6-10-24/h7-8,11-14H,4-6,9-10,15H2,1-3H3,(H,23,25). The molecule has 0 unspecified atom stereocenters. The van der Waals surface area contributed by atoms with Gasteiger partial charge in [0.25, 0.3) is 5.91 Å². The summed E-state index contributed by atoms with van der Waals surface area (Å²) in [6.07, 6.45) is 2.83. The molecule has 0 radical (unpaired) electrons. The molecule has 0 saturated carbocycles. The number of rotatable bonds is 5. The van der Waals surface area contributed by atoms with Gasteiger partial charge in [-0.3, -0.25) is 4.79 Å². The third-order valence-electron chi connectivity index (χ3n) is 5.29. The van der Waals surface area contributed by atoms with Crippen LogP contribution in [0.1, 0.15) is 51.9 Å². The topological polar surface area (TPSA) is 66.5 Å². The highest BCUT2D eigenvalue weighted by Crippen LogP contribution is 2.23. The molecule has 28 heavy (non-hydrogen) atoms. The minimum absolute atomic E-state index is 0.200. The van der Waals surface area contributed by atoms with E-state index in [1.165, 1.54) is 21.5 Å². The fourth-order valence-corrected chi connectivity index (χ4v) is 5.13. The number of amides is 1. The molecule has 0 bridgehead atoms. The first kappa shape index (κ1) is 20.6. The summed E-state index contributed by atoms with van der Waals surface area (Å²) < 4.78 is 27.4. The second-order valence-corrected chi connectivity index (χ2v) is 9.54.